The maximum absolute atomic E-state index is 10.6. The molecule has 1 aromatic carbocycles. The van der Waals surface area contributed by atoms with E-state index in [9.17, 15) is 4.79 Å². The van der Waals surface area contributed by atoms with Gasteiger partial charge in [0.25, 0.3) is 0 Å². The van der Waals surface area contributed by atoms with Crippen molar-refractivity contribution in [2.45, 2.75) is 31.7 Å². The lowest BCUT2D eigenvalue weighted by Gasteiger charge is -2.22. The van der Waals surface area contributed by atoms with Crippen molar-refractivity contribution in [3.05, 3.63) is 29.3 Å². The van der Waals surface area contributed by atoms with Gasteiger partial charge in [-0.05, 0) is 42.5 Å². The van der Waals surface area contributed by atoms with Gasteiger partial charge in [-0.25, -0.2) is 0 Å². The molecule has 0 saturated heterocycles. The van der Waals surface area contributed by atoms with Gasteiger partial charge in [-0.15, -0.1) is 0 Å². The van der Waals surface area contributed by atoms with Gasteiger partial charge in [-0.1, -0.05) is 6.07 Å². The zero-order chi connectivity index (χ0) is 12.3. The average molecular weight is 234 g/mol. The van der Waals surface area contributed by atoms with Crippen LogP contribution in [0, 0.1) is 0 Å². The molecule has 0 radical (unpaired) electrons. The van der Waals surface area contributed by atoms with Crippen molar-refractivity contribution in [2.75, 3.05) is 6.61 Å². The van der Waals surface area contributed by atoms with Crippen LogP contribution in [-0.4, -0.2) is 12.5 Å². The van der Waals surface area contributed by atoms with E-state index in [0.29, 0.717) is 6.61 Å². The van der Waals surface area contributed by atoms with Crippen molar-refractivity contribution in [1.82, 2.24) is 0 Å². The van der Waals surface area contributed by atoms with Crippen LogP contribution in [0.2, 0.25) is 0 Å². The normalized spacial score (nSPS) is 18.5. The van der Waals surface area contributed by atoms with Gasteiger partial charge in [0.2, 0.25) is 5.91 Å². The number of benzene rings is 1. The second-order valence-corrected chi connectivity index (χ2v) is 4.42. The van der Waals surface area contributed by atoms with E-state index in [1.54, 1.807) is 0 Å². The minimum atomic E-state index is -0.348. The van der Waals surface area contributed by atoms with Gasteiger partial charge in [-0.3, -0.25) is 4.79 Å². The molecule has 0 saturated carbocycles. The molecule has 0 aliphatic heterocycles. The van der Waals surface area contributed by atoms with E-state index >= 15 is 0 Å². The standard InChI is InChI=1S/C13H18N2O2/c14-12-3-1-2-9-4-5-10(8-11(9)12)17-7-6-13(15)16/h4-5,8,12H,1-3,6-7,14H2,(H2,15,16). The summed E-state index contributed by atoms with van der Waals surface area (Å²) in [6, 6.07) is 6.09. The van der Waals surface area contributed by atoms with Gasteiger partial charge in [0.1, 0.15) is 5.75 Å². The molecule has 0 heterocycles. The zero-order valence-corrected chi connectivity index (χ0v) is 9.82. The molecule has 0 spiro atoms. The predicted molar refractivity (Wildman–Crippen MR) is 65.6 cm³/mol. The van der Waals surface area contributed by atoms with Crippen LogP contribution >= 0.6 is 0 Å². The summed E-state index contributed by atoms with van der Waals surface area (Å²) in [5.74, 6) is 0.419. The van der Waals surface area contributed by atoms with E-state index in [0.717, 1.165) is 25.0 Å². The summed E-state index contributed by atoms with van der Waals surface area (Å²) in [5.41, 5.74) is 13.6. The van der Waals surface area contributed by atoms with E-state index in [1.165, 1.54) is 11.1 Å². The van der Waals surface area contributed by atoms with Crippen LogP contribution in [0.5, 0.6) is 5.75 Å². The molecule has 4 heteroatoms. The minimum absolute atomic E-state index is 0.110. The summed E-state index contributed by atoms with van der Waals surface area (Å²) in [6.07, 6.45) is 3.50. The Morgan fingerprint density at radius 2 is 2.29 bits per heavy atom. The Labute approximate surface area is 101 Å². The van der Waals surface area contributed by atoms with Crippen molar-refractivity contribution in [3.63, 3.8) is 0 Å². The van der Waals surface area contributed by atoms with Crippen LogP contribution in [-0.2, 0) is 11.2 Å². The topological polar surface area (TPSA) is 78.3 Å². The molecule has 17 heavy (non-hydrogen) atoms. The SMILES string of the molecule is NC(=O)CCOc1ccc2c(c1)C(N)CCC2. The lowest BCUT2D eigenvalue weighted by molar-refractivity contribution is -0.118. The van der Waals surface area contributed by atoms with E-state index in [4.69, 9.17) is 16.2 Å². The van der Waals surface area contributed by atoms with Crippen LogP contribution in [0.3, 0.4) is 0 Å². The Morgan fingerprint density at radius 1 is 1.47 bits per heavy atom. The molecule has 1 atom stereocenters. The molecule has 1 aromatic rings. The molecule has 4 N–H and O–H groups in total. The Balaban J connectivity index is 2.04. The third kappa shape index (κ3) is 2.97. The van der Waals surface area contributed by atoms with Crippen LogP contribution in [0.25, 0.3) is 0 Å². The molecule has 2 rings (SSSR count). The van der Waals surface area contributed by atoms with Crippen molar-refractivity contribution >= 4 is 5.91 Å². The second-order valence-electron chi connectivity index (χ2n) is 4.42. The Kier molecular flexibility index (Phi) is 3.64. The summed E-state index contributed by atoms with van der Waals surface area (Å²) in [4.78, 5) is 10.6. The van der Waals surface area contributed by atoms with E-state index in [2.05, 4.69) is 6.07 Å². The Morgan fingerprint density at radius 3 is 3.06 bits per heavy atom. The lowest BCUT2D eigenvalue weighted by Crippen LogP contribution is -2.18. The number of carbonyl (C=O) groups is 1. The molecule has 0 bridgehead atoms. The summed E-state index contributed by atoms with van der Waals surface area (Å²) in [5, 5.41) is 0. The molecular weight excluding hydrogens is 216 g/mol. The van der Waals surface area contributed by atoms with E-state index in [1.807, 2.05) is 12.1 Å². The molecule has 0 aromatic heterocycles. The zero-order valence-electron chi connectivity index (χ0n) is 9.82. The third-order valence-corrected chi connectivity index (χ3v) is 3.10. The van der Waals surface area contributed by atoms with Crippen LogP contribution in [0.15, 0.2) is 18.2 Å². The first-order valence-electron chi connectivity index (χ1n) is 5.96. The maximum atomic E-state index is 10.6. The highest BCUT2D eigenvalue weighted by Crippen LogP contribution is 2.30. The molecule has 1 amide bonds. The summed E-state index contributed by atoms with van der Waals surface area (Å²) in [7, 11) is 0. The van der Waals surface area contributed by atoms with Crippen molar-refractivity contribution in [3.8, 4) is 5.75 Å². The van der Waals surface area contributed by atoms with Gasteiger partial charge in [0.05, 0.1) is 13.0 Å². The van der Waals surface area contributed by atoms with Gasteiger partial charge in [0.15, 0.2) is 0 Å². The average Bonchev–Trinajstić information content (AvgIpc) is 2.30. The highest BCUT2D eigenvalue weighted by atomic mass is 16.5. The molecule has 1 aliphatic rings. The van der Waals surface area contributed by atoms with Crippen molar-refractivity contribution < 1.29 is 9.53 Å². The lowest BCUT2D eigenvalue weighted by atomic mass is 9.88. The number of ether oxygens (including phenoxy) is 1. The van der Waals surface area contributed by atoms with Gasteiger partial charge in [0, 0.05) is 6.04 Å². The first kappa shape index (κ1) is 11.9. The van der Waals surface area contributed by atoms with Crippen LogP contribution in [0.1, 0.15) is 36.4 Å². The smallest absolute Gasteiger partial charge is 0.220 e. The highest BCUT2D eigenvalue weighted by molar-refractivity contribution is 5.73. The third-order valence-electron chi connectivity index (χ3n) is 3.10. The van der Waals surface area contributed by atoms with Crippen LogP contribution in [0.4, 0.5) is 0 Å². The second kappa shape index (κ2) is 5.19. The molecule has 1 unspecified atom stereocenters. The number of hydrogen-bond donors (Lipinski definition) is 2. The number of hydrogen-bond acceptors (Lipinski definition) is 3. The number of fused-ring (bicyclic) bond motifs is 1. The molecule has 0 fully saturated rings. The fourth-order valence-corrected chi connectivity index (χ4v) is 2.17. The number of nitrogens with two attached hydrogens (primary N) is 2. The fraction of sp³-hybridized carbons (Fsp3) is 0.462. The van der Waals surface area contributed by atoms with Gasteiger partial charge >= 0.3 is 0 Å². The summed E-state index contributed by atoms with van der Waals surface area (Å²) in [6.45, 7) is 0.323. The molecule has 92 valence electrons. The minimum Gasteiger partial charge on any atom is -0.493 e. The predicted octanol–water partition coefficient (Wildman–Crippen LogP) is 1.28. The first-order chi connectivity index (χ1) is 8.16. The molecule has 1 aliphatic carbocycles. The number of aryl methyl sites for hydroxylation is 1. The number of primary amides is 1. The fourth-order valence-electron chi connectivity index (χ4n) is 2.17. The largest absolute Gasteiger partial charge is 0.493 e. The first-order valence-corrected chi connectivity index (χ1v) is 5.96. The Hall–Kier alpha value is -1.55. The highest BCUT2D eigenvalue weighted by Gasteiger charge is 2.17. The maximum Gasteiger partial charge on any atom is 0.220 e. The van der Waals surface area contributed by atoms with Crippen molar-refractivity contribution in [2.24, 2.45) is 11.5 Å². The van der Waals surface area contributed by atoms with E-state index < -0.39 is 0 Å². The quantitative estimate of drug-likeness (QED) is 0.823. The summed E-state index contributed by atoms with van der Waals surface area (Å²) < 4.78 is 5.47. The number of carbonyl (C=O) groups excluding carboxylic acids is 1. The molecular formula is C13H18N2O2. The Bertz CT molecular complexity index is 418. The monoisotopic (exact) mass is 234 g/mol. The van der Waals surface area contributed by atoms with Gasteiger partial charge < -0.3 is 16.2 Å². The number of amides is 1. The van der Waals surface area contributed by atoms with Gasteiger partial charge in [-0.2, -0.15) is 0 Å². The van der Waals surface area contributed by atoms with Crippen LogP contribution < -0.4 is 16.2 Å². The van der Waals surface area contributed by atoms with E-state index in [-0.39, 0.29) is 18.4 Å². The molecule has 4 nitrogen and oxygen atoms in total. The van der Waals surface area contributed by atoms with Crippen molar-refractivity contribution in [1.29, 1.82) is 0 Å². The number of rotatable bonds is 4. The summed E-state index contributed by atoms with van der Waals surface area (Å²) >= 11 is 0.